The molecule has 3 heterocycles. The highest BCUT2D eigenvalue weighted by atomic mass is 16.3. The third-order valence-electron chi connectivity index (χ3n) is 6.51. The normalized spacial score (nSPS) is 18.9. The van der Waals surface area contributed by atoms with Crippen LogP contribution in [-0.2, 0) is 13.0 Å². The van der Waals surface area contributed by atoms with Crippen LogP contribution in [0.5, 0.6) is 5.88 Å². The first-order valence-corrected chi connectivity index (χ1v) is 10.8. The second-order valence-electron chi connectivity index (χ2n) is 8.32. The number of rotatable bonds is 4. The molecule has 1 aliphatic carbocycles. The van der Waals surface area contributed by atoms with Gasteiger partial charge in [0.05, 0.1) is 12.2 Å². The Hall–Kier alpha value is -3.06. The minimum Gasteiger partial charge on any atom is -0.494 e. The molecule has 1 atom stereocenters. The van der Waals surface area contributed by atoms with Crippen LogP contribution in [-0.4, -0.2) is 26.2 Å². The van der Waals surface area contributed by atoms with Crippen LogP contribution < -0.4 is 16.6 Å². The molecule has 156 valence electrons. The van der Waals surface area contributed by atoms with E-state index in [4.69, 9.17) is 0 Å². The summed E-state index contributed by atoms with van der Waals surface area (Å²) in [5, 5.41) is 14.2. The Morgan fingerprint density at radius 2 is 2.00 bits per heavy atom. The summed E-state index contributed by atoms with van der Waals surface area (Å²) in [6, 6.07) is 7.72. The maximum absolute atomic E-state index is 12.8. The summed E-state index contributed by atoms with van der Waals surface area (Å²) in [4.78, 5) is 31.1. The summed E-state index contributed by atoms with van der Waals surface area (Å²) in [6.45, 7) is 1.18. The molecule has 0 bridgehead atoms. The fourth-order valence-electron chi connectivity index (χ4n) is 4.98. The van der Waals surface area contributed by atoms with Crippen LogP contribution in [0.2, 0.25) is 0 Å². The standard InChI is InChI=1S/C23H26N4O3/c28-21-18(20-19-16(10-12-24-20)15-8-4-5-9-17(15)25-19)22(29)27(23(30)26-21)13-11-14-6-2-1-3-7-14/h4-6,8-9,20,24-25,29H,1-3,7,10-13H2,(H,26,28,30)/p+1/t20-/m0/s1. The largest absolute Gasteiger partial charge is 0.494 e. The van der Waals surface area contributed by atoms with Gasteiger partial charge in [-0.15, -0.1) is 0 Å². The van der Waals surface area contributed by atoms with Crippen LogP contribution in [0.25, 0.3) is 10.9 Å². The van der Waals surface area contributed by atoms with E-state index in [9.17, 15) is 14.7 Å². The lowest BCUT2D eigenvalue weighted by Crippen LogP contribution is -2.87. The third kappa shape index (κ3) is 3.19. The van der Waals surface area contributed by atoms with E-state index in [-0.39, 0.29) is 17.5 Å². The molecular formula is C23H27N4O3+. The van der Waals surface area contributed by atoms with Crippen molar-refractivity contribution < 1.29 is 10.4 Å². The van der Waals surface area contributed by atoms with Crippen LogP contribution >= 0.6 is 0 Å². The zero-order chi connectivity index (χ0) is 20.7. The first-order chi connectivity index (χ1) is 14.6. The van der Waals surface area contributed by atoms with Crippen LogP contribution in [0.4, 0.5) is 0 Å². The van der Waals surface area contributed by atoms with Crippen LogP contribution in [0.1, 0.15) is 55.0 Å². The number of nitrogens with two attached hydrogens (primary N) is 1. The average Bonchev–Trinajstić information content (AvgIpc) is 3.14. The number of aromatic hydroxyl groups is 1. The van der Waals surface area contributed by atoms with Gasteiger partial charge in [-0.2, -0.15) is 0 Å². The fraction of sp³-hybridized carbons (Fsp3) is 0.391. The van der Waals surface area contributed by atoms with Crippen LogP contribution in [0.3, 0.4) is 0 Å². The molecule has 7 nitrogen and oxygen atoms in total. The van der Waals surface area contributed by atoms with E-state index in [2.05, 4.69) is 27.4 Å². The molecule has 0 saturated heterocycles. The molecule has 7 heteroatoms. The van der Waals surface area contributed by atoms with Gasteiger partial charge in [-0.1, -0.05) is 29.8 Å². The van der Waals surface area contributed by atoms with Gasteiger partial charge < -0.3 is 15.4 Å². The molecule has 2 aliphatic rings. The summed E-state index contributed by atoms with van der Waals surface area (Å²) in [5.74, 6) is -0.215. The summed E-state index contributed by atoms with van der Waals surface area (Å²) >= 11 is 0. The summed E-state index contributed by atoms with van der Waals surface area (Å²) in [5.41, 5.74) is 3.65. The van der Waals surface area contributed by atoms with Crippen LogP contribution in [0, 0.1) is 0 Å². The minimum atomic E-state index is -0.551. The number of quaternary nitrogens is 1. The lowest BCUT2D eigenvalue weighted by molar-refractivity contribution is -0.690. The number of nitrogens with zero attached hydrogens (tertiary/aromatic N) is 1. The van der Waals surface area contributed by atoms with Gasteiger partial charge in [-0.05, 0) is 43.7 Å². The molecule has 5 N–H and O–H groups in total. The van der Waals surface area contributed by atoms with E-state index in [1.165, 1.54) is 28.5 Å². The van der Waals surface area contributed by atoms with E-state index in [0.717, 1.165) is 42.4 Å². The number of aromatic amines is 2. The van der Waals surface area contributed by atoms with Crippen molar-refractivity contribution >= 4 is 10.9 Å². The molecule has 0 spiro atoms. The summed E-state index contributed by atoms with van der Waals surface area (Å²) in [6.07, 6.45) is 8.34. The summed E-state index contributed by atoms with van der Waals surface area (Å²) < 4.78 is 1.32. The molecule has 0 unspecified atom stereocenters. The maximum atomic E-state index is 12.8. The maximum Gasteiger partial charge on any atom is 0.331 e. The van der Waals surface area contributed by atoms with Crippen molar-refractivity contribution in [1.29, 1.82) is 0 Å². The first kappa shape index (κ1) is 18.9. The van der Waals surface area contributed by atoms with Gasteiger partial charge in [0.15, 0.2) is 6.04 Å². The molecule has 0 amide bonds. The predicted molar refractivity (Wildman–Crippen MR) is 115 cm³/mol. The Morgan fingerprint density at radius 3 is 2.83 bits per heavy atom. The number of allylic oxidation sites excluding steroid dienone is 2. The van der Waals surface area contributed by atoms with Crippen LogP contribution in [0.15, 0.2) is 45.5 Å². The molecule has 30 heavy (non-hydrogen) atoms. The molecule has 1 aliphatic heterocycles. The van der Waals surface area contributed by atoms with Crippen molar-refractivity contribution in [2.75, 3.05) is 6.54 Å². The second-order valence-corrected chi connectivity index (χ2v) is 8.32. The third-order valence-corrected chi connectivity index (χ3v) is 6.51. The van der Waals surface area contributed by atoms with E-state index in [0.29, 0.717) is 13.0 Å². The first-order valence-electron chi connectivity index (χ1n) is 10.8. The lowest BCUT2D eigenvalue weighted by atomic mass is 9.95. The fourth-order valence-corrected chi connectivity index (χ4v) is 4.98. The van der Waals surface area contributed by atoms with Crippen molar-refractivity contribution in [2.24, 2.45) is 0 Å². The highest BCUT2D eigenvalue weighted by Crippen LogP contribution is 2.32. The quantitative estimate of drug-likeness (QED) is 0.496. The Kier molecular flexibility index (Phi) is 4.83. The average molecular weight is 407 g/mol. The second kappa shape index (κ2) is 7.65. The molecule has 5 rings (SSSR count). The minimum absolute atomic E-state index is 0.215. The SMILES string of the molecule is O=c1[nH]c(=O)n(CCC2=CCCCC2)c(O)c1[C@@H]1[NH2+]CCc2c1[nH]c1ccccc21. The smallest absolute Gasteiger partial charge is 0.331 e. The van der Waals surface area contributed by atoms with E-state index in [1.54, 1.807) is 0 Å². The van der Waals surface area contributed by atoms with E-state index < -0.39 is 11.2 Å². The van der Waals surface area contributed by atoms with Gasteiger partial charge in [0.25, 0.3) is 5.56 Å². The Labute approximate surface area is 173 Å². The zero-order valence-corrected chi connectivity index (χ0v) is 16.9. The number of fused-ring (bicyclic) bond motifs is 3. The van der Waals surface area contributed by atoms with Gasteiger partial charge in [0.2, 0.25) is 5.88 Å². The highest BCUT2D eigenvalue weighted by Gasteiger charge is 2.34. The monoisotopic (exact) mass is 407 g/mol. The molecule has 3 aromatic rings. The number of nitrogens with one attached hydrogen (secondary N) is 2. The lowest BCUT2D eigenvalue weighted by Gasteiger charge is -2.22. The molecule has 0 radical (unpaired) electrons. The number of aromatic nitrogens is 3. The van der Waals surface area contributed by atoms with E-state index >= 15 is 0 Å². The Morgan fingerprint density at radius 1 is 1.13 bits per heavy atom. The van der Waals surface area contributed by atoms with Crippen molar-refractivity contribution in [3.05, 3.63) is 73.6 Å². The highest BCUT2D eigenvalue weighted by molar-refractivity contribution is 5.85. The van der Waals surface area contributed by atoms with Gasteiger partial charge in [0.1, 0.15) is 5.56 Å². The van der Waals surface area contributed by atoms with Crippen molar-refractivity contribution in [3.63, 3.8) is 0 Å². The molecule has 0 saturated carbocycles. The molecule has 1 aromatic carbocycles. The van der Waals surface area contributed by atoms with Gasteiger partial charge >= 0.3 is 5.69 Å². The summed E-state index contributed by atoms with van der Waals surface area (Å²) in [7, 11) is 0. The number of para-hydroxylation sites is 1. The Balaban J connectivity index is 1.56. The van der Waals surface area contributed by atoms with Crippen molar-refractivity contribution in [1.82, 2.24) is 14.5 Å². The number of benzene rings is 1. The zero-order valence-electron chi connectivity index (χ0n) is 16.9. The molecular weight excluding hydrogens is 380 g/mol. The van der Waals surface area contributed by atoms with Gasteiger partial charge in [-0.25, -0.2) is 4.79 Å². The molecule has 0 fully saturated rings. The van der Waals surface area contributed by atoms with Crippen molar-refractivity contribution in [3.8, 4) is 5.88 Å². The number of hydrogen-bond donors (Lipinski definition) is 4. The van der Waals surface area contributed by atoms with Gasteiger partial charge in [0, 0.05) is 23.9 Å². The Bertz CT molecular complexity index is 1250. The predicted octanol–water partition coefficient (Wildman–Crippen LogP) is 1.82. The molecule has 2 aromatic heterocycles. The van der Waals surface area contributed by atoms with Crippen molar-refractivity contribution in [2.45, 2.75) is 51.1 Å². The van der Waals surface area contributed by atoms with Gasteiger partial charge in [-0.3, -0.25) is 14.3 Å². The number of H-pyrrole nitrogens is 2. The topological polar surface area (TPSA) is 107 Å². The number of hydrogen-bond acceptors (Lipinski definition) is 3. The van der Waals surface area contributed by atoms with E-state index in [1.807, 2.05) is 18.2 Å².